The molecule has 0 aliphatic heterocycles. The van der Waals surface area contributed by atoms with E-state index in [0.717, 1.165) is 0 Å². The van der Waals surface area contributed by atoms with Crippen molar-refractivity contribution >= 4 is 11.1 Å². The molecule has 0 saturated heterocycles. The molecule has 114 valence electrons. The molecule has 0 heterocycles. The van der Waals surface area contributed by atoms with Gasteiger partial charge in [0.2, 0.25) is 0 Å². The molecule has 0 amide bonds. The van der Waals surface area contributed by atoms with E-state index in [1.807, 2.05) is 0 Å². The number of hydrogen-bond donors (Lipinski definition) is 0. The van der Waals surface area contributed by atoms with Crippen LogP contribution in [-0.2, 0) is 0 Å². The Bertz CT molecular complexity index is 821. The Labute approximate surface area is 139 Å². The summed E-state index contributed by atoms with van der Waals surface area (Å²) in [6, 6.07) is 28.1. The van der Waals surface area contributed by atoms with Gasteiger partial charge in [-0.1, -0.05) is 84.4 Å². The largest absolute Gasteiger partial charge is 0.0622 e. The number of aryl methyl sites for hydroxylation is 2. The van der Waals surface area contributed by atoms with Crippen molar-refractivity contribution in [1.82, 2.24) is 0 Å². The number of benzene rings is 3. The van der Waals surface area contributed by atoms with Gasteiger partial charge in [-0.05, 0) is 54.2 Å². The lowest BCUT2D eigenvalue weighted by Crippen LogP contribution is -1.95. The van der Waals surface area contributed by atoms with Crippen LogP contribution in [0.5, 0.6) is 0 Å². The van der Waals surface area contributed by atoms with Crippen molar-refractivity contribution in [2.24, 2.45) is 0 Å². The van der Waals surface area contributed by atoms with E-state index < -0.39 is 0 Å². The summed E-state index contributed by atoms with van der Waals surface area (Å²) < 4.78 is 0. The fraction of sp³-hybridized carbons (Fsp3) is 0.130. The van der Waals surface area contributed by atoms with Crippen molar-refractivity contribution in [3.63, 3.8) is 0 Å². The first-order valence-electron chi connectivity index (χ1n) is 8.06. The fourth-order valence-electron chi connectivity index (χ4n) is 2.98. The van der Waals surface area contributed by atoms with Crippen LogP contribution >= 0.6 is 0 Å². The highest BCUT2D eigenvalue weighted by molar-refractivity contribution is 5.98. The summed E-state index contributed by atoms with van der Waals surface area (Å²) in [6.07, 6.45) is 0. The number of rotatable bonds is 3. The third kappa shape index (κ3) is 3.27. The van der Waals surface area contributed by atoms with Gasteiger partial charge in [0.05, 0.1) is 0 Å². The summed E-state index contributed by atoms with van der Waals surface area (Å²) in [7, 11) is 0. The van der Waals surface area contributed by atoms with Crippen LogP contribution in [-0.4, -0.2) is 0 Å². The molecule has 0 atom stereocenters. The fourth-order valence-corrected chi connectivity index (χ4v) is 2.98. The maximum Gasteiger partial charge on any atom is -0.00735 e. The lowest BCUT2D eigenvalue weighted by molar-refractivity contribution is 1.40. The molecule has 0 radical (unpaired) electrons. The second kappa shape index (κ2) is 6.66. The molecule has 3 aromatic rings. The third-order valence-electron chi connectivity index (χ3n) is 4.34. The number of hydrogen-bond acceptors (Lipinski definition) is 0. The maximum atomic E-state index is 2.22. The van der Waals surface area contributed by atoms with Gasteiger partial charge in [0, 0.05) is 0 Å². The summed E-state index contributed by atoms with van der Waals surface area (Å²) in [5, 5.41) is 0. The molecular weight excluding hydrogens is 276 g/mol. The van der Waals surface area contributed by atoms with Crippen molar-refractivity contribution in [2.45, 2.75) is 20.8 Å². The normalized spacial score (nSPS) is 12.0. The summed E-state index contributed by atoms with van der Waals surface area (Å²) in [5.41, 5.74) is 9.06. The van der Waals surface area contributed by atoms with Gasteiger partial charge in [-0.15, -0.1) is 0 Å². The van der Waals surface area contributed by atoms with E-state index in [0.29, 0.717) is 0 Å². The molecule has 3 rings (SSSR count). The van der Waals surface area contributed by atoms with Crippen molar-refractivity contribution in [1.29, 1.82) is 0 Å². The van der Waals surface area contributed by atoms with Crippen molar-refractivity contribution in [3.05, 3.63) is 107 Å². The van der Waals surface area contributed by atoms with Crippen molar-refractivity contribution < 1.29 is 0 Å². The molecule has 0 bridgehead atoms. The van der Waals surface area contributed by atoms with Gasteiger partial charge in [0.25, 0.3) is 0 Å². The molecule has 0 heteroatoms. The van der Waals surface area contributed by atoms with Crippen LogP contribution in [0, 0.1) is 13.8 Å². The Morgan fingerprint density at radius 3 is 1.87 bits per heavy atom. The summed E-state index contributed by atoms with van der Waals surface area (Å²) in [4.78, 5) is 0. The molecule has 0 spiro atoms. The molecule has 0 unspecified atom stereocenters. The Hall–Kier alpha value is -2.60. The minimum absolute atomic E-state index is 1.26. The molecule has 23 heavy (non-hydrogen) atoms. The van der Waals surface area contributed by atoms with E-state index in [1.54, 1.807) is 0 Å². The van der Waals surface area contributed by atoms with E-state index in [1.165, 1.54) is 39.0 Å². The van der Waals surface area contributed by atoms with E-state index in [4.69, 9.17) is 0 Å². The predicted octanol–water partition coefficient (Wildman–Crippen LogP) is 6.28. The van der Waals surface area contributed by atoms with Crippen LogP contribution in [0.1, 0.15) is 34.7 Å². The second-order valence-electron chi connectivity index (χ2n) is 6.05. The minimum atomic E-state index is 1.26. The third-order valence-corrected chi connectivity index (χ3v) is 4.34. The highest BCUT2D eigenvalue weighted by atomic mass is 14.2. The van der Waals surface area contributed by atoms with E-state index in [2.05, 4.69) is 99.6 Å². The van der Waals surface area contributed by atoms with Crippen LogP contribution in [0.2, 0.25) is 0 Å². The van der Waals surface area contributed by atoms with Gasteiger partial charge in [0.15, 0.2) is 0 Å². The predicted molar refractivity (Wildman–Crippen MR) is 100 cm³/mol. The summed E-state index contributed by atoms with van der Waals surface area (Å²) >= 11 is 0. The average molecular weight is 298 g/mol. The monoisotopic (exact) mass is 298 g/mol. The standard InChI is InChI=1S/C23H22/c1-17-13-15-20(16-14-17)19(3)23(21-10-5-4-6-11-21)22-12-8-7-9-18(22)2/h4-16H,1-3H3/b23-19+. The molecule has 0 N–H and O–H groups in total. The maximum absolute atomic E-state index is 2.22. The molecule has 3 aromatic carbocycles. The van der Waals surface area contributed by atoms with Crippen molar-refractivity contribution in [2.75, 3.05) is 0 Å². The Kier molecular flexibility index (Phi) is 4.43. The van der Waals surface area contributed by atoms with Gasteiger partial charge in [-0.25, -0.2) is 0 Å². The lowest BCUT2D eigenvalue weighted by atomic mass is 9.88. The van der Waals surface area contributed by atoms with Crippen LogP contribution in [0.25, 0.3) is 11.1 Å². The summed E-state index contributed by atoms with van der Waals surface area (Å²) in [5.74, 6) is 0. The zero-order valence-electron chi connectivity index (χ0n) is 14.0. The lowest BCUT2D eigenvalue weighted by Gasteiger charge is -2.16. The van der Waals surface area contributed by atoms with Crippen LogP contribution < -0.4 is 0 Å². The van der Waals surface area contributed by atoms with Gasteiger partial charge < -0.3 is 0 Å². The summed E-state index contributed by atoms with van der Waals surface area (Å²) in [6.45, 7) is 6.53. The van der Waals surface area contributed by atoms with Crippen LogP contribution in [0.15, 0.2) is 78.9 Å². The first-order chi connectivity index (χ1) is 11.2. The van der Waals surface area contributed by atoms with Gasteiger partial charge in [0.1, 0.15) is 0 Å². The second-order valence-corrected chi connectivity index (χ2v) is 6.05. The molecule has 0 aliphatic carbocycles. The molecule has 0 saturated carbocycles. The molecule has 0 aliphatic rings. The number of allylic oxidation sites excluding steroid dienone is 1. The van der Waals surface area contributed by atoms with Gasteiger partial charge >= 0.3 is 0 Å². The smallest absolute Gasteiger partial charge is 0.00735 e. The SMILES string of the molecule is C/C(=C(/c1ccccc1)c1ccccc1C)c1ccc(C)cc1. The van der Waals surface area contributed by atoms with Gasteiger partial charge in [-0.3, -0.25) is 0 Å². The first-order valence-corrected chi connectivity index (χ1v) is 8.06. The highest BCUT2D eigenvalue weighted by Crippen LogP contribution is 2.33. The Morgan fingerprint density at radius 1 is 0.609 bits per heavy atom. The molecule has 0 fully saturated rings. The van der Waals surface area contributed by atoms with Crippen LogP contribution in [0.3, 0.4) is 0 Å². The topological polar surface area (TPSA) is 0 Å². The Balaban J connectivity index is 2.25. The van der Waals surface area contributed by atoms with Crippen molar-refractivity contribution in [3.8, 4) is 0 Å². The van der Waals surface area contributed by atoms with E-state index in [9.17, 15) is 0 Å². The zero-order chi connectivity index (χ0) is 16.2. The minimum Gasteiger partial charge on any atom is -0.0622 e. The van der Waals surface area contributed by atoms with Gasteiger partial charge in [-0.2, -0.15) is 0 Å². The highest BCUT2D eigenvalue weighted by Gasteiger charge is 2.12. The van der Waals surface area contributed by atoms with Crippen LogP contribution in [0.4, 0.5) is 0 Å². The average Bonchev–Trinajstić information content (AvgIpc) is 2.58. The Morgan fingerprint density at radius 2 is 1.22 bits per heavy atom. The quantitative estimate of drug-likeness (QED) is 0.499. The first kappa shape index (κ1) is 15.3. The zero-order valence-corrected chi connectivity index (χ0v) is 14.0. The van der Waals surface area contributed by atoms with E-state index >= 15 is 0 Å². The molecule has 0 aromatic heterocycles. The molecule has 0 nitrogen and oxygen atoms in total. The molecular formula is C23H22. The van der Waals surface area contributed by atoms with E-state index in [-0.39, 0.29) is 0 Å².